The Balaban J connectivity index is 2.66. The molecular weight excluding hydrogens is 280 g/mol. The van der Waals surface area contributed by atoms with Gasteiger partial charge in [0.15, 0.2) is 0 Å². The summed E-state index contributed by atoms with van der Waals surface area (Å²) in [6.07, 6.45) is 0. The van der Waals surface area contributed by atoms with Crippen LogP contribution in [0.5, 0.6) is 5.75 Å². The third kappa shape index (κ3) is 1.92. The standard InChI is InChI=1S/C10H9BrOS2/c1-2-12-8-5-7(13)3-6-4-9(11)14-10(6)8/h3-5,13H,2H2,1H3. The van der Waals surface area contributed by atoms with E-state index in [0.717, 1.165) is 14.4 Å². The quantitative estimate of drug-likeness (QED) is 0.809. The smallest absolute Gasteiger partial charge is 0.138 e. The van der Waals surface area contributed by atoms with Gasteiger partial charge in [0, 0.05) is 4.90 Å². The average Bonchev–Trinajstić information content (AvgIpc) is 2.45. The molecule has 0 spiro atoms. The summed E-state index contributed by atoms with van der Waals surface area (Å²) in [5.41, 5.74) is 0. The first-order valence-corrected chi connectivity index (χ1v) is 6.31. The minimum atomic E-state index is 0.682. The van der Waals surface area contributed by atoms with Gasteiger partial charge in [0.05, 0.1) is 15.1 Å². The molecule has 14 heavy (non-hydrogen) atoms. The fraction of sp³-hybridized carbons (Fsp3) is 0.200. The van der Waals surface area contributed by atoms with Crippen LogP contribution in [0.1, 0.15) is 6.92 Å². The molecule has 2 rings (SSSR count). The number of halogens is 1. The van der Waals surface area contributed by atoms with E-state index in [4.69, 9.17) is 4.74 Å². The molecule has 0 saturated heterocycles. The van der Waals surface area contributed by atoms with Crippen molar-refractivity contribution in [1.82, 2.24) is 0 Å². The van der Waals surface area contributed by atoms with Gasteiger partial charge in [-0.15, -0.1) is 24.0 Å². The maximum Gasteiger partial charge on any atom is 0.138 e. The van der Waals surface area contributed by atoms with Crippen LogP contribution in [0.25, 0.3) is 10.1 Å². The van der Waals surface area contributed by atoms with Crippen molar-refractivity contribution in [2.45, 2.75) is 11.8 Å². The van der Waals surface area contributed by atoms with Gasteiger partial charge in [0.1, 0.15) is 5.75 Å². The zero-order valence-corrected chi connectivity index (χ0v) is 10.9. The van der Waals surface area contributed by atoms with E-state index in [9.17, 15) is 0 Å². The first-order valence-electron chi connectivity index (χ1n) is 4.25. The van der Waals surface area contributed by atoms with E-state index in [-0.39, 0.29) is 0 Å². The van der Waals surface area contributed by atoms with E-state index in [2.05, 4.69) is 34.6 Å². The van der Waals surface area contributed by atoms with Crippen molar-refractivity contribution in [1.29, 1.82) is 0 Å². The van der Waals surface area contributed by atoms with Crippen LogP contribution in [0.3, 0.4) is 0 Å². The Labute approximate surface area is 101 Å². The molecule has 0 aliphatic heterocycles. The van der Waals surface area contributed by atoms with Crippen molar-refractivity contribution in [2.24, 2.45) is 0 Å². The summed E-state index contributed by atoms with van der Waals surface area (Å²) in [7, 11) is 0. The molecule has 0 amide bonds. The van der Waals surface area contributed by atoms with E-state index in [1.54, 1.807) is 11.3 Å². The minimum absolute atomic E-state index is 0.682. The van der Waals surface area contributed by atoms with Crippen molar-refractivity contribution in [2.75, 3.05) is 6.61 Å². The third-order valence-electron chi connectivity index (χ3n) is 1.84. The van der Waals surface area contributed by atoms with Gasteiger partial charge in [-0.05, 0) is 46.4 Å². The highest BCUT2D eigenvalue weighted by atomic mass is 79.9. The molecule has 74 valence electrons. The lowest BCUT2D eigenvalue weighted by Gasteiger charge is -2.04. The highest BCUT2D eigenvalue weighted by Crippen LogP contribution is 2.38. The zero-order chi connectivity index (χ0) is 10.1. The maximum absolute atomic E-state index is 5.55. The summed E-state index contributed by atoms with van der Waals surface area (Å²) in [5.74, 6) is 0.922. The van der Waals surface area contributed by atoms with Crippen LogP contribution >= 0.6 is 39.9 Å². The first kappa shape index (κ1) is 10.3. The Morgan fingerprint density at radius 1 is 1.43 bits per heavy atom. The molecule has 0 bridgehead atoms. The number of thiophene rings is 1. The molecule has 0 fully saturated rings. The Morgan fingerprint density at radius 3 is 2.93 bits per heavy atom. The van der Waals surface area contributed by atoms with Crippen molar-refractivity contribution in [3.05, 3.63) is 22.0 Å². The average molecular weight is 289 g/mol. The van der Waals surface area contributed by atoms with Crippen molar-refractivity contribution in [3.63, 3.8) is 0 Å². The highest BCUT2D eigenvalue weighted by molar-refractivity contribution is 9.11. The molecule has 1 aromatic heterocycles. The monoisotopic (exact) mass is 288 g/mol. The number of rotatable bonds is 2. The van der Waals surface area contributed by atoms with Gasteiger partial charge in [-0.3, -0.25) is 0 Å². The Hall–Kier alpha value is -0.190. The van der Waals surface area contributed by atoms with Crippen LogP contribution in [-0.2, 0) is 0 Å². The summed E-state index contributed by atoms with van der Waals surface area (Å²) in [6, 6.07) is 6.09. The van der Waals surface area contributed by atoms with E-state index in [1.165, 1.54) is 10.1 Å². The molecule has 0 aliphatic carbocycles. The summed E-state index contributed by atoms with van der Waals surface area (Å²) in [4.78, 5) is 0.936. The maximum atomic E-state index is 5.55. The van der Waals surface area contributed by atoms with Crippen LogP contribution in [0.2, 0.25) is 0 Å². The van der Waals surface area contributed by atoms with Gasteiger partial charge in [0.2, 0.25) is 0 Å². The molecule has 0 atom stereocenters. The second kappa shape index (κ2) is 4.13. The van der Waals surface area contributed by atoms with E-state index >= 15 is 0 Å². The molecule has 0 aliphatic rings. The van der Waals surface area contributed by atoms with Gasteiger partial charge >= 0.3 is 0 Å². The highest BCUT2D eigenvalue weighted by Gasteiger charge is 2.07. The zero-order valence-electron chi connectivity index (χ0n) is 7.58. The Bertz CT molecular complexity index is 464. The predicted molar refractivity (Wildman–Crippen MR) is 67.9 cm³/mol. The second-order valence-electron chi connectivity index (χ2n) is 2.85. The number of hydrogen-bond donors (Lipinski definition) is 1. The molecule has 0 saturated carbocycles. The Morgan fingerprint density at radius 2 is 2.21 bits per heavy atom. The molecular formula is C10H9BrOS2. The topological polar surface area (TPSA) is 9.23 Å². The number of thiol groups is 1. The molecule has 1 heterocycles. The lowest BCUT2D eigenvalue weighted by atomic mass is 10.2. The van der Waals surface area contributed by atoms with Crippen molar-refractivity contribution < 1.29 is 4.74 Å². The number of hydrogen-bond acceptors (Lipinski definition) is 3. The summed E-state index contributed by atoms with van der Waals surface area (Å²) >= 11 is 9.50. The van der Waals surface area contributed by atoms with Gasteiger partial charge in [-0.1, -0.05) is 0 Å². The molecule has 2 aromatic rings. The molecule has 1 aromatic carbocycles. The fourth-order valence-electron chi connectivity index (χ4n) is 1.34. The first-order chi connectivity index (χ1) is 6.70. The molecule has 4 heteroatoms. The lowest BCUT2D eigenvalue weighted by Crippen LogP contribution is -1.91. The van der Waals surface area contributed by atoms with Crippen molar-refractivity contribution >= 4 is 50.0 Å². The summed E-state index contributed by atoms with van der Waals surface area (Å²) in [5, 5.41) is 1.18. The molecule has 0 N–H and O–H groups in total. The lowest BCUT2D eigenvalue weighted by molar-refractivity contribution is 0.344. The summed E-state index contributed by atoms with van der Waals surface area (Å²) < 4.78 is 7.85. The van der Waals surface area contributed by atoms with Gasteiger partial charge in [0.25, 0.3) is 0 Å². The normalized spacial score (nSPS) is 10.8. The van der Waals surface area contributed by atoms with E-state index < -0.39 is 0 Å². The Kier molecular flexibility index (Phi) is 3.04. The van der Waals surface area contributed by atoms with Gasteiger partial charge in [-0.2, -0.15) is 0 Å². The third-order valence-corrected chi connectivity index (χ3v) is 3.76. The predicted octanol–water partition coefficient (Wildman–Crippen LogP) is 4.35. The second-order valence-corrected chi connectivity index (χ2v) is 5.79. The molecule has 0 unspecified atom stereocenters. The van der Waals surface area contributed by atoms with Crippen LogP contribution < -0.4 is 4.74 Å². The van der Waals surface area contributed by atoms with Gasteiger partial charge < -0.3 is 4.74 Å². The van der Waals surface area contributed by atoms with Crippen molar-refractivity contribution in [3.8, 4) is 5.75 Å². The van der Waals surface area contributed by atoms with E-state index in [0.29, 0.717) is 6.61 Å². The minimum Gasteiger partial charge on any atom is -0.492 e. The summed E-state index contributed by atoms with van der Waals surface area (Å²) in [6.45, 7) is 2.67. The van der Waals surface area contributed by atoms with E-state index in [1.807, 2.05) is 19.1 Å². The molecule has 0 radical (unpaired) electrons. The largest absolute Gasteiger partial charge is 0.492 e. The number of benzene rings is 1. The SMILES string of the molecule is CCOc1cc(S)cc2cc(Br)sc12. The fourth-order valence-corrected chi connectivity index (χ4v) is 3.16. The molecule has 1 nitrogen and oxygen atoms in total. The van der Waals surface area contributed by atoms with Crippen LogP contribution in [-0.4, -0.2) is 6.61 Å². The number of fused-ring (bicyclic) bond motifs is 1. The number of ether oxygens (including phenoxy) is 1. The van der Waals surface area contributed by atoms with Crippen LogP contribution in [0.15, 0.2) is 26.9 Å². The van der Waals surface area contributed by atoms with Crippen LogP contribution in [0.4, 0.5) is 0 Å². The van der Waals surface area contributed by atoms with Crippen LogP contribution in [0, 0.1) is 0 Å². The van der Waals surface area contributed by atoms with Gasteiger partial charge in [-0.25, -0.2) is 0 Å².